The lowest BCUT2D eigenvalue weighted by Crippen LogP contribution is -2.75. The monoisotopic (exact) mass is 565 g/mol. The predicted molar refractivity (Wildman–Crippen MR) is 117 cm³/mol. The van der Waals surface area contributed by atoms with Crippen LogP contribution in [0, 0.1) is 20.2 Å². The summed E-state index contributed by atoms with van der Waals surface area (Å²) in [6.07, 6.45) is 0. The Balaban J connectivity index is 1.68. The van der Waals surface area contributed by atoms with Gasteiger partial charge < -0.3 is 9.84 Å². The maximum atomic E-state index is 14.2. The lowest BCUT2D eigenvalue weighted by Gasteiger charge is -2.54. The van der Waals surface area contributed by atoms with Crippen LogP contribution in [0.2, 0.25) is 0 Å². The summed E-state index contributed by atoms with van der Waals surface area (Å²) >= 11 is 0. The van der Waals surface area contributed by atoms with Crippen molar-refractivity contribution >= 4 is 31.4 Å². The van der Waals surface area contributed by atoms with E-state index in [0.29, 0.717) is 8.61 Å². The van der Waals surface area contributed by atoms with Gasteiger partial charge in [0, 0.05) is 24.3 Å². The number of hydrogen-bond acceptors (Lipinski definition) is 11. The average Bonchev–Trinajstić information content (AvgIpc) is 2.82. The van der Waals surface area contributed by atoms with Crippen LogP contribution in [0.4, 0.5) is 20.3 Å². The number of aliphatic hydroxyl groups is 1. The molecule has 2 aliphatic heterocycles. The molecule has 37 heavy (non-hydrogen) atoms. The molecule has 2 heterocycles. The number of fused-ring (bicyclic) bond motifs is 2. The van der Waals surface area contributed by atoms with Crippen LogP contribution in [0.25, 0.3) is 0 Å². The number of β-amino-alcohol motifs (C(OH)–C–C–N with tert-alkyl or cyclic N) is 1. The second-order valence-electron chi connectivity index (χ2n) is 8.28. The Bertz CT molecular complexity index is 1350. The molecule has 0 saturated carbocycles. The summed E-state index contributed by atoms with van der Waals surface area (Å²) in [5.41, 5.74) is -3.77. The van der Waals surface area contributed by atoms with Crippen LogP contribution in [0.3, 0.4) is 0 Å². The molecule has 0 atom stereocenters. The Kier molecular flexibility index (Phi) is 6.51. The molecule has 4 rings (SSSR count). The number of rotatable bonds is 7. The van der Waals surface area contributed by atoms with Crippen LogP contribution in [0.1, 0.15) is 0 Å². The van der Waals surface area contributed by atoms with E-state index in [2.05, 4.69) is 0 Å². The Morgan fingerprint density at radius 2 is 1.14 bits per heavy atom. The molecule has 2 saturated heterocycles. The van der Waals surface area contributed by atoms with Gasteiger partial charge in [0.25, 0.3) is 11.4 Å². The zero-order valence-corrected chi connectivity index (χ0v) is 20.0. The molecule has 0 unspecified atom stereocenters. The zero-order chi connectivity index (χ0) is 27.4. The highest BCUT2D eigenvalue weighted by Crippen LogP contribution is 2.40. The number of nitrogens with zero attached hydrogens (tertiary/aromatic N) is 5. The van der Waals surface area contributed by atoms with Gasteiger partial charge in [0.15, 0.2) is 5.79 Å². The maximum absolute atomic E-state index is 14.2. The molecule has 0 aliphatic carbocycles. The normalized spacial score (nSPS) is 25.2. The molecule has 15 nitrogen and oxygen atoms in total. The van der Waals surface area contributed by atoms with E-state index in [1.807, 2.05) is 0 Å². The van der Waals surface area contributed by atoms with E-state index in [0.717, 1.165) is 48.5 Å². The fraction of sp³-hybridized carbons (Fsp3) is 0.333. The molecular formula is C18H17F2N5O10S2. The first-order valence-corrected chi connectivity index (χ1v) is 13.0. The Hall–Kier alpha value is -3.20. The number of nitro groups is 2. The summed E-state index contributed by atoms with van der Waals surface area (Å²) in [4.78, 5) is 19.2. The molecule has 2 aliphatic rings. The van der Waals surface area contributed by atoms with E-state index in [9.17, 15) is 51.1 Å². The predicted octanol–water partition coefficient (Wildman–Crippen LogP) is 0.684. The van der Waals surface area contributed by atoms with Gasteiger partial charge in [-0.15, -0.1) is 0 Å². The van der Waals surface area contributed by atoms with Crippen molar-refractivity contribution < 1.29 is 45.5 Å². The number of sulfonamides is 2. The number of non-ortho nitro benzene ring substituents is 2. The molecule has 2 fully saturated rings. The molecule has 0 spiro atoms. The van der Waals surface area contributed by atoms with Crippen LogP contribution in [-0.4, -0.2) is 83.4 Å². The third-order valence-electron chi connectivity index (χ3n) is 5.75. The van der Waals surface area contributed by atoms with Gasteiger partial charge in [-0.05, 0) is 24.3 Å². The van der Waals surface area contributed by atoms with E-state index in [4.69, 9.17) is 4.74 Å². The van der Waals surface area contributed by atoms with Gasteiger partial charge in [-0.25, -0.2) is 16.8 Å². The first kappa shape index (κ1) is 26.9. The van der Waals surface area contributed by atoms with Crippen molar-refractivity contribution in [1.29, 1.82) is 0 Å². The van der Waals surface area contributed by atoms with Crippen LogP contribution in [-0.2, 0) is 24.8 Å². The van der Waals surface area contributed by atoms with Crippen LogP contribution < -0.4 is 0 Å². The molecule has 2 aromatic carbocycles. The molecule has 0 aromatic heterocycles. The second-order valence-corrected chi connectivity index (χ2v) is 12.2. The minimum Gasteiger partial charge on any atom is -0.363 e. The Morgan fingerprint density at radius 3 is 1.43 bits per heavy atom. The summed E-state index contributed by atoms with van der Waals surface area (Å²) in [6, 6.07) is 7.16. The smallest absolute Gasteiger partial charge is 0.269 e. The highest BCUT2D eigenvalue weighted by molar-refractivity contribution is 7.89. The molecule has 0 radical (unpaired) electrons. The van der Waals surface area contributed by atoms with E-state index in [1.54, 1.807) is 0 Å². The van der Waals surface area contributed by atoms with E-state index in [-0.39, 0.29) is 0 Å². The number of morpholine rings is 2. The van der Waals surface area contributed by atoms with Crippen molar-refractivity contribution in [2.24, 2.45) is 0 Å². The average molecular weight is 565 g/mol. The highest BCUT2D eigenvalue weighted by Gasteiger charge is 2.62. The summed E-state index contributed by atoms with van der Waals surface area (Å²) in [6.45, 7) is -4.13. The van der Waals surface area contributed by atoms with Gasteiger partial charge >= 0.3 is 0 Å². The van der Waals surface area contributed by atoms with Crippen LogP contribution in [0.5, 0.6) is 0 Å². The molecule has 2 aromatic rings. The van der Waals surface area contributed by atoms with Gasteiger partial charge in [0.05, 0.1) is 51.2 Å². The largest absolute Gasteiger partial charge is 0.363 e. The molecular weight excluding hydrogens is 548 g/mol. The quantitative estimate of drug-likeness (QED) is 0.282. The van der Waals surface area contributed by atoms with Gasteiger partial charge in [0.1, 0.15) is 0 Å². The fourth-order valence-electron chi connectivity index (χ4n) is 4.06. The molecule has 1 N–H and O–H groups in total. The molecule has 2 bridgehead atoms. The van der Waals surface area contributed by atoms with Crippen molar-refractivity contribution in [2.75, 3.05) is 26.2 Å². The third kappa shape index (κ3) is 4.77. The Morgan fingerprint density at radius 1 is 0.784 bits per heavy atom. The van der Waals surface area contributed by atoms with Gasteiger partial charge in [0.2, 0.25) is 25.8 Å². The summed E-state index contributed by atoms with van der Waals surface area (Å²) in [7, 11) is -9.19. The van der Waals surface area contributed by atoms with E-state index < -0.39 is 94.1 Å². The van der Waals surface area contributed by atoms with Crippen LogP contribution in [0.15, 0.2) is 58.3 Å². The lowest BCUT2D eigenvalue weighted by atomic mass is 10.1. The number of ether oxygens (including phenoxy) is 1. The highest BCUT2D eigenvalue weighted by atomic mass is 32.2. The van der Waals surface area contributed by atoms with Crippen molar-refractivity contribution in [3.63, 3.8) is 0 Å². The van der Waals surface area contributed by atoms with Crippen molar-refractivity contribution in [2.45, 2.75) is 21.3 Å². The third-order valence-corrected chi connectivity index (χ3v) is 9.36. The summed E-state index contributed by atoms with van der Waals surface area (Å²) in [5.74, 6) is -2.73. The number of halogens is 2. The van der Waals surface area contributed by atoms with Crippen molar-refractivity contribution in [3.05, 3.63) is 68.8 Å². The number of nitro benzene ring substituents is 2. The molecule has 19 heteroatoms. The first-order valence-electron chi connectivity index (χ1n) is 10.1. The van der Waals surface area contributed by atoms with E-state index >= 15 is 0 Å². The summed E-state index contributed by atoms with van der Waals surface area (Å²) in [5, 5.41) is 31.1. The standard InChI is InChI=1S/C18H17F2N5O10S2/c19-25(20)17-9-21(36(31,32)15-5-1-13(2-6-15)23(27)28)11-18(26,35-17)12-22(10-17)37(33,34)16-7-3-14(4-8-16)24(29)30/h1-8,26H,9-12H2. The molecule has 200 valence electrons. The molecule has 0 amide bonds. The lowest BCUT2D eigenvalue weighted by molar-refractivity contribution is -0.423. The Labute approximate surface area is 207 Å². The topological polar surface area (TPSA) is 194 Å². The second kappa shape index (κ2) is 8.97. The zero-order valence-electron chi connectivity index (χ0n) is 18.4. The minimum absolute atomic E-state index is 0.418. The van der Waals surface area contributed by atoms with E-state index in [1.165, 1.54) is 0 Å². The SMILES string of the molecule is O=[N+]([O-])c1ccc(S(=O)(=O)N2CC3(O)CN(S(=O)(=O)c4ccc([N+](=O)[O-])cc4)CC(N(F)F)(C2)O3)cc1. The minimum atomic E-state index is -4.60. The first-order chi connectivity index (χ1) is 17.1. The summed E-state index contributed by atoms with van der Waals surface area (Å²) < 4.78 is 86.9. The fourth-order valence-corrected chi connectivity index (χ4v) is 7.10. The van der Waals surface area contributed by atoms with Gasteiger partial charge in [-0.1, -0.05) is 8.96 Å². The number of benzene rings is 2. The maximum Gasteiger partial charge on any atom is 0.269 e. The van der Waals surface area contributed by atoms with Crippen LogP contribution >= 0.6 is 0 Å². The van der Waals surface area contributed by atoms with Crippen molar-refractivity contribution in [1.82, 2.24) is 14.0 Å². The van der Waals surface area contributed by atoms with Crippen molar-refractivity contribution in [3.8, 4) is 0 Å². The van der Waals surface area contributed by atoms with Gasteiger partial charge in [-0.3, -0.25) is 20.2 Å². The number of hydrogen-bond donors (Lipinski definition) is 1. The van der Waals surface area contributed by atoms with Gasteiger partial charge in [-0.2, -0.15) is 8.61 Å².